The first kappa shape index (κ1) is 25.2. The van der Waals surface area contributed by atoms with Crippen LogP contribution in [-0.2, 0) is 25.8 Å². The average Bonchev–Trinajstić information content (AvgIpc) is 3.53. The second kappa shape index (κ2) is 10.1. The Morgan fingerprint density at radius 3 is 2.89 bits per heavy atom. The molecule has 0 bridgehead atoms. The van der Waals surface area contributed by atoms with Crippen molar-refractivity contribution in [2.75, 3.05) is 24.3 Å². The van der Waals surface area contributed by atoms with Crippen molar-refractivity contribution in [2.45, 2.75) is 18.0 Å². The predicted molar refractivity (Wildman–Crippen MR) is 138 cm³/mol. The third-order valence-corrected chi connectivity index (χ3v) is 7.85. The van der Waals surface area contributed by atoms with Gasteiger partial charge in [0.1, 0.15) is 35.7 Å². The van der Waals surface area contributed by atoms with E-state index in [1.807, 2.05) is 22.9 Å². The highest BCUT2D eigenvalue weighted by Crippen LogP contribution is 2.40. The highest BCUT2D eigenvalue weighted by molar-refractivity contribution is 8.00. The van der Waals surface area contributed by atoms with Gasteiger partial charge in [-0.15, -0.1) is 23.1 Å². The quantitative estimate of drug-likeness (QED) is 0.107. The van der Waals surface area contributed by atoms with Crippen molar-refractivity contribution >= 4 is 57.5 Å². The standard InChI is InChI=1S/C22H21N9O5S2/c1-36-29-15(13-9-38-22(24)25-13)18(32)26-16-19(33)31-17(21(34)35)11(8-37-20(16)31)7-30-4-2-3-10(6-30)12-5-14(23)28-27-12/h2-6,9,16,20H,7-8H2,1H3,(H6-,23,24,25,26,27,28,29,32,34,35)/p+1/t16-,20-/m1/s1. The van der Waals surface area contributed by atoms with Gasteiger partial charge in [0.05, 0.1) is 11.3 Å². The van der Waals surface area contributed by atoms with Gasteiger partial charge in [0.15, 0.2) is 29.8 Å². The van der Waals surface area contributed by atoms with Crippen LogP contribution in [0.15, 0.2) is 52.4 Å². The van der Waals surface area contributed by atoms with E-state index in [0.29, 0.717) is 17.1 Å². The number of pyridine rings is 1. The number of H-pyrrole nitrogens is 1. The van der Waals surface area contributed by atoms with Crippen LogP contribution in [-0.4, -0.2) is 73.0 Å². The number of carboxylic acid groups (broad SMARTS) is 1. The van der Waals surface area contributed by atoms with Gasteiger partial charge in [-0.2, -0.15) is 5.10 Å². The first-order valence-corrected chi connectivity index (χ1v) is 13.0. The number of anilines is 2. The molecule has 2 aliphatic heterocycles. The maximum absolute atomic E-state index is 13.1. The van der Waals surface area contributed by atoms with Gasteiger partial charge in [0.25, 0.3) is 11.8 Å². The molecule has 0 spiro atoms. The Balaban J connectivity index is 1.35. The molecule has 3 aromatic rings. The first-order chi connectivity index (χ1) is 18.3. The van der Waals surface area contributed by atoms with Crippen LogP contribution < -0.4 is 21.4 Å². The van der Waals surface area contributed by atoms with Crippen molar-refractivity contribution in [2.24, 2.45) is 5.16 Å². The van der Waals surface area contributed by atoms with Crippen LogP contribution in [0.1, 0.15) is 5.69 Å². The molecule has 14 nitrogen and oxygen atoms in total. The number of aromatic amines is 1. The number of hydrogen-bond acceptors (Lipinski definition) is 11. The van der Waals surface area contributed by atoms with Crippen molar-refractivity contribution < 1.29 is 28.9 Å². The summed E-state index contributed by atoms with van der Waals surface area (Å²) < 4.78 is 1.82. The zero-order valence-electron chi connectivity index (χ0n) is 19.8. The summed E-state index contributed by atoms with van der Waals surface area (Å²) in [6, 6.07) is 4.45. The Bertz CT molecular complexity index is 1500. The van der Waals surface area contributed by atoms with E-state index in [1.54, 1.807) is 17.6 Å². The van der Waals surface area contributed by atoms with Gasteiger partial charge >= 0.3 is 5.97 Å². The van der Waals surface area contributed by atoms with E-state index in [4.69, 9.17) is 16.3 Å². The van der Waals surface area contributed by atoms with Crippen LogP contribution >= 0.6 is 23.1 Å². The largest absolute Gasteiger partial charge is 0.477 e. The molecule has 16 heteroatoms. The predicted octanol–water partition coefficient (Wildman–Crippen LogP) is -0.226. The van der Waals surface area contributed by atoms with Gasteiger partial charge < -0.3 is 26.7 Å². The van der Waals surface area contributed by atoms with Gasteiger partial charge in [-0.3, -0.25) is 19.6 Å². The molecule has 5 rings (SSSR count). The smallest absolute Gasteiger partial charge is 0.352 e. The van der Waals surface area contributed by atoms with Gasteiger partial charge in [0, 0.05) is 28.8 Å². The number of thiazole rings is 1. The molecule has 2 aliphatic rings. The van der Waals surface area contributed by atoms with Crippen molar-refractivity contribution in [3.8, 4) is 11.3 Å². The van der Waals surface area contributed by atoms with E-state index in [2.05, 4.69) is 25.7 Å². The fourth-order valence-electron chi connectivity index (χ4n) is 4.19. The molecule has 0 radical (unpaired) electrons. The Hall–Kier alpha value is -4.44. The number of nitrogens with two attached hydrogens (primary N) is 2. The number of carbonyl (C=O) groups excluding carboxylic acids is 2. The Morgan fingerprint density at radius 2 is 2.24 bits per heavy atom. The number of aliphatic carboxylic acids is 1. The minimum absolute atomic E-state index is 0.0917. The lowest BCUT2D eigenvalue weighted by Crippen LogP contribution is -2.71. The van der Waals surface area contributed by atoms with E-state index in [9.17, 15) is 19.5 Å². The number of carboxylic acids is 1. The number of carbonyl (C=O) groups is 3. The Labute approximate surface area is 223 Å². The van der Waals surface area contributed by atoms with Crippen LogP contribution in [0.25, 0.3) is 11.3 Å². The molecule has 0 aromatic carbocycles. The molecule has 196 valence electrons. The van der Waals surface area contributed by atoms with E-state index < -0.39 is 29.2 Å². The molecule has 0 aliphatic carbocycles. The number of β-lactam (4-membered cyclic amide) rings is 1. The average molecular weight is 557 g/mol. The van der Waals surface area contributed by atoms with Crippen molar-refractivity contribution in [1.29, 1.82) is 0 Å². The fourth-order valence-corrected chi connectivity index (χ4v) is 6.07. The van der Waals surface area contributed by atoms with Gasteiger partial charge in [0.2, 0.25) is 0 Å². The molecular weight excluding hydrogens is 534 g/mol. The number of thioether (sulfide) groups is 1. The number of amides is 2. The van der Waals surface area contributed by atoms with Crippen molar-refractivity contribution in [1.82, 2.24) is 25.4 Å². The molecule has 5 heterocycles. The zero-order valence-corrected chi connectivity index (χ0v) is 21.5. The van der Waals surface area contributed by atoms with E-state index in [1.165, 1.54) is 23.8 Å². The lowest BCUT2D eigenvalue weighted by molar-refractivity contribution is -0.688. The molecule has 0 saturated carbocycles. The van der Waals surface area contributed by atoms with Crippen LogP contribution in [0.4, 0.5) is 10.9 Å². The summed E-state index contributed by atoms with van der Waals surface area (Å²) in [7, 11) is 1.28. The summed E-state index contributed by atoms with van der Waals surface area (Å²) in [6.45, 7) is 0.246. The summed E-state index contributed by atoms with van der Waals surface area (Å²) in [5.41, 5.74) is 13.4. The minimum Gasteiger partial charge on any atom is -0.477 e. The van der Waals surface area contributed by atoms with E-state index >= 15 is 0 Å². The van der Waals surface area contributed by atoms with Crippen molar-refractivity contribution in [3.05, 3.63) is 52.9 Å². The summed E-state index contributed by atoms with van der Waals surface area (Å²) in [5, 5.41) is 24.3. The Morgan fingerprint density at radius 1 is 1.42 bits per heavy atom. The van der Waals surface area contributed by atoms with Gasteiger partial charge in [-0.05, 0) is 6.07 Å². The number of nitrogen functional groups attached to an aromatic ring is 2. The second-order valence-electron chi connectivity index (χ2n) is 8.28. The van der Waals surface area contributed by atoms with Crippen LogP contribution in [0.3, 0.4) is 0 Å². The normalized spacial score (nSPS) is 19.1. The molecule has 2 amide bonds. The number of aromatic nitrogens is 4. The lowest BCUT2D eigenvalue weighted by atomic mass is 10.0. The molecule has 1 saturated heterocycles. The molecule has 7 N–H and O–H groups in total. The topological polar surface area (TPSA) is 206 Å². The van der Waals surface area contributed by atoms with Crippen LogP contribution in [0.2, 0.25) is 0 Å². The highest BCUT2D eigenvalue weighted by atomic mass is 32.2. The van der Waals surface area contributed by atoms with Crippen molar-refractivity contribution in [3.63, 3.8) is 0 Å². The van der Waals surface area contributed by atoms with Gasteiger partial charge in [-0.25, -0.2) is 14.3 Å². The lowest BCUT2D eigenvalue weighted by Gasteiger charge is -2.49. The highest BCUT2D eigenvalue weighted by Gasteiger charge is 2.54. The molecule has 0 unspecified atom stereocenters. The molecular formula is C22H22N9O5S2+. The fraction of sp³-hybridized carbons (Fsp3) is 0.227. The summed E-state index contributed by atoms with van der Waals surface area (Å²) >= 11 is 2.49. The number of nitrogens with one attached hydrogen (secondary N) is 2. The van der Waals surface area contributed by atoms with E-state index in [0.717, 1.165) is 22.6 Å². The maximum atomic E-state index is 13.1. The zero-order chi connectivity index (χ0) is 27.0. The van der Waals surface area contributed by atoms with Gasteiger partial charge in [-0.1, -0.05) is 5.16 Å². The SMILES string of the molecule is CO/N=C(/C(=O)N[C@@H]1C(=O)N2C(C(=O)O)=C(C[n+]3cccc(-c4cc(N)n[nH]4)c3)CS[C@H]12)c1csc(N)n1. The molecule has 1 fully saturated rings. The summed E-state index contributed by atoms with van der Waals surface area (Å²) in [6.07, 6.45) is 3.63. The van der Waals surface area contributed by atoms with E-state index in [-0.39, 0.29) is 28.8 Å². The molecule has 3 aromatic heterocycles. The first-order valence-electron chi connectivity index (χ1n) is 11.1. The Kier molecular flexibility index (Phi) is 6.73. The minimum atomic E-state index is -1.22. The molecule has 38 heavy (non-hydrogen) atoms. The third-order valence-electron chi connectivity index (χ3n) is 5.84. The maximum Gasteiger partial charge on any atom is 0.352 e. The summed E-state index contributed by atoms with van der Waals surface area (Å²) in [5.74, 6) is -1.74. The number of hydrogen-bond donors (Lipinski definition) is 5. The number of rotatable bonds is 8. The number of nitrogens with zero attached hydrogens (tertiary/aromatic N) is 5. The van der Waals surface area contributed by atoms with Crippen LogP contribution in [0.5, 0.6) is 0 Å². The summed E-state index contributed by atoms with van der Waals surface area (Å²) in [4.78, 5) is 48.3. The molecule has 2 atom stereocenters. The number of oxime groups is 1. The number of fused-ring (bicyclic) bond motifs is 1. The second-order valence-corrected chi connectivity index (χ2v) is 10.3. The van der Waals surface area contributed by atoms with Crippen LogP contribution in [0, 0.1) is 0 Å². The monoisotopic (exact) mass is 556 g/mol. The third kappa shape index (κ3) is 4.66.